The van der Waals surface area contributed by atoms with Crippen molar-refractivity contribution >= 4 is 44.8 Å². The SMILES string of the molecule is Cc1ccc([C@H](C)NC(=O)[C@@H](C)N(c2cc(Cl)cc(Cl)c2)S(C)(=O)=O)c(C)c1. The van der Waals surface area contributed by atoms with Crippen LogP contribution in [0.15, 0.2) is 36.4 Å². The molecule has 0 saturated carbocycles. The minimum Gasteiger partial charge on any atom is -0.348 e. The molecule has 0 aliphatic heterocycles. The summed E-state index contributed by atoms with van der Waals surface area (Å²) in [7, 11) is -3.75. The zero-order valence-corrected chi connectivity index (χ0v) is 18.8. The number of nitrogens with one attached hydrogen (secondary N) is 1. The Balaban J connectivity index is 2.31. The molecule has 0 fully saturated rings. The van der Waals surface area contributed by atoms with E-state index < -0.39 is 22.0 Å². The molecule has 1 amide bonds. The van der Waals surface area contributed by atoms with Gasteiger partial charge in [0.1, 0.15) is 6.04 Å². The molecule has 0 aromatic heterocycles. The summed E-state index contributed by atoms with van der Waals surface area (Å²) in [4.78, 5) is 12.9. The van der Waals surface area contributed by atoms with Gasteiger partial charge >= 0.3 is 0 Å². The zero-order chi connectivity index (χ0) is 21.2. The Hall–Kier alpha value is -1.76. The average molecular weight is 443 g/mol. The average Bonchev–Trinajstić information content (AvgIpc) is 2.52. The smallest absolute Gasteiger partial charge is 0.244 e. The van der Waals surface area contributed by atoms with Gasteiger partial charge in [-0.15, -0.1) is 0 Å². The van der Waals surface area contributed by atoms with Crippen LogP contribution in [-0.4, -0.2) is 26.6 Å². The molecule has 2 rings (SSSR count). The number of carbonyl (C=O) groups excluding carboxylic acids is 1. The van der Waals surface area contributed by atoms with E-state index in [-0.39, 0.29) is 21.8 Å². The van der Waals surface area contributed by atoms with Gasteiger partial charge in [-0.1, -0.05) is 47.0 Å². The number of amides is 1. The lowest BCUT2D eigenvalue weighted by molar-refractivity contribution is -0.122. The molecular weight excluding hydrogens is 419 g/mol. The number of halogens is 2. The Labute approximate surface area is 176 Å². The lowest BCUT2D eigenvalue weighted by Gasteiger charge is -2.29. The Bertz CT molecular complexity index is 973. The zero-order valence-electron chi connectivity index (χ0n) is 16.5. The first-order valence-electron chi connectivity index (χ1n) is 8.73. The summed E-state index contributed by atoms with van der Waals surface area (Å²) in [5, 5.41) is 3.47. The second kappa shape index (κ2) is 8.72. The fourth-order valence-corrected chi connectivity index (χ4v) is 4.87. The van der Waals surface area contributed by atoms with Crippen LogP contribution in [0.2, 0.25) is 10.0 Å². The molecular formula is C20H24Cl2N2O3S. The normalized spacial score (nSPS) is 13.7. The van der Waals surface area contributed by atoms with Crippen LogP contribution in [0.4, 0.5) is 5.69 Å². The van der Waals surface area contributed by atoms with Crippen molar-refractivity contribution in [2.45, 2.75) is 39.8 Å². The van der Waals surface area contributed by atoms with Crippen molar-refractivity contribution in [1.29, 1.82) is 0 Å². The summed E-state index contributed by atoms with van der Waals surface area (Å²) in [5.41, 5.74) is 3.40. The van der Waals surface area contributed by atoms with Gasteiger partial charge in [0.25, 0.3) is 0 Å². The fraction of sp³-hybridized carbons (Fsp3) is 0.350. The van der Waals surface area contributed by atoms with E-state index in [1.807, 2.05) is 39.0 Å². The van der Waals surface area contributed by atoms with Gasteiger partial charge in [-0.05, 0) is 57.0 Å². The molecule has 2 aromatic rings. The van der Waals surface area contributed by atoms with Crippen LogP contribution in [0.3, 0.4) is 0 Å². The third-order valence-electron chi connectivity index (χ3n) is 4.44. The Morgan fingerprint density at radius 3 is 2.11 bits per heavy atom. The predicted molar refractivity (Wildman–Crippen MR) is 116 cm³/mol. The van der Waals surface area contributed by atoms with Crippen LogP contribution in [0.25, 0.3) is 0 Å². The molecule has 1 N–H and O–H groups in total. The Morgan fingerprint density at radius 2 is 1.61 bits per heavy atom. The Morgan fingerprint density at radius 1 is 1.04 bits per heavy atom. The number of hydrogen-bond acceptors (Lipinski definition) is 3. The minimum atomic E-state index is -3.75. The summed E-state index contributed by atoms with van der Waals surface area (Å²) in [6.45, 7) is 7.37. The highest BCUT2D eigenvalue weighted by Crippen LogP contribution is 2.29. The van der Waals surface area contributed by atoms with Crippen LogP contribution in [0.1, 0.15) is 36.6 Å². The van der Waals surface area contributed by atoms with Crippen LogP contribution in [0, 0.1) is 13.8 Å². The van der Waals surface area contributed by atoms with E-state index in [0.29, 0.717) is 0 Å². The van der Waals surface area contributed by atoms with Gasteiger partial charge in [0.2, 0.25) is 15.9 Å². The number of nitrogens with zero attached hydrogens (tertiary/aromatic N) is 1. The van der Waals surface area contributed by atoms with Crippen molar-refractivity contribution in [3.05, 3.63) is 63.1 Å². The topological polar surface area (TPSA) is 66.5 Å². The number of carbonyl (C=O) groups is 1. The predicted octanol–water partition coefficient (Wildman–Crippen LogP) is 4.64. The van der Waals surface area contributed by atoms with Gasteiger partial charge in [-0.2, -0.15) is 0 Å². The molecule has 152 valence electrons. The number of anilines is 1. The lowest BCUT2D eigenvalue weighted by atomic mass is 10.00. The van der Waals surface area contributed by atoms with E-state index in [2.05, 4.69) is 5.32 Å². The van der Waals surface area contributed by atoms with Crippen LogP contribution >= 0.6 is 23.2 Å². The highest BCUT2D eigenvalue weighted by molar-refractivity contribution is 7.92. The maximum atomic E-state index is 12.9. The summed E-state index contributed by atoms with van der Waals surface area (Å²) in [5.74, 6) is -0.422. The van der Waals surface area contributed by atoms with Gasteiger partial charge in [0.05, 0.1) is 18.0 Å². The molecule has 0 bridgehead atoms. The molecule has 5 nitrogen and oxygen atoms in total. The lowest BCUT2D eigenvalue weighted by Crippen LogP contribution is -2.48. The van der Waals surface area contributed by atoms with Crippen molar-refractivity contribution in [2.75, 3.05) is 10.6 Å². The molecule has 2 aromatic carbocycles. The van der Waals surface area contributed by atoms with E-state index in [9.17, 15) is 13.2 Å². The first kappa shape index (κ1) is 22.5. The van der Waals surface area contributed by atoms with E-state index in [0.717, 1.165) is 27.3 Å². The Kier molecular flexibility index (Phi) is 7.02. The monoisotopic (exact) mass is 442 g/mol. The second-order valence-corrected chi connectivity index (χ2v) is 9.69. The van der Waals surface area contributed by atoms with Gasteiger partial charge in [0.15, 0.2) is 0 Å². The molecule has 0 aliphatic rings. The molecule has 0 unspecified atom stereocenters. The van der Waals surface area contributed by atoms with Crippen molar-refractivity contribution in [1.82, 2.24) is 5.32 Å². The van der Waals surface area contributed by atoms with Crippen molar-refractivity contribution in [2.24, 2.45) is 0 Å². The fourth-order valence-electron chi connectivity index (χ4n) is 3.20. The minimum absolute atomic E-state index is 0.238. The first-order chi connectivity index (χ1) is 12.9. The van der Waals surface area contributed by atoms with Gasteiger partial charge in [-0.25, -0.2) is 8.42 Å². The van der Waals surface area contributed by atoms with Crippen molar-refractivity contribution in [3.8, 4) is 0 Å². The molecule has 0 aliphatic carbocycles. The number of aryl methyl sites for hydroxylation is 2. The van der Waals surface area contributed by atoms with E-state index in [1.54, 1.807) is 0 Å². The van der Waals surface area contributed by atoms with E-state index in [1.165, 1.54) is 25.1 Å². The molecule has 0 spiro atoms. The van der Waals surface area contributed by atoms with E-state index in [4.69, 9.17) is 23.2 Å². The van der Waals surface area contributed by atoms with Crippen LogP contribution < -0.4 is 9.62 Å². The molecule has 28 heavy (non-hydrogen) atoms. The van der Waals surface area contributed by atoms with E-state index >= 15 is 0 Å². The van der Waals surface area contributed by atoms with Crippen LogP contribution in [0.5, 0.6) is 0 Å². The first-order valence-corrected chi connectivity index (χ1v) is 11.3. The molecule has 2 atom stereocenters. The highest BCUT2D eigenvalue weighted by atomic mass is 35.5. The third kappa shape index (κ3) is 5.40. The van der Waals surface area contributed by atoms with Gasteiger partial charge in [0, 0.05) is 10.0 Å². The summed E-state index contributed by atoms with van der Waals surface area (Å²) in [6.07, 6.45) is 1.04. The number of benzene rings is 2. The molecule has 0 radical (unpaired) electrons. The summed E-state index contributed by atoms with van der Waals surface area (Å²) >= 11 is 12.0. The second-order valence-electron chi connectivity index (χ2n) is 6.95. The summed E-state index contributed by atoms with van der Waals surface area (Å²) in [6, 6.07) is 9.14. The third-order valence-corrected chi connectivity index (χ3v) is 6.12. The van der Waals surface area contributed by atoms with Crippen molar-refractivity contribution < 1.29 is 13.2 Å². The van der Waals surface area contributed by atoms with Gasteiger partial charge < -0.3 is 5.32 Å². The quantitative estimate of drug-likeness (QED) is 0.707. The standard InChI is InChI=1S/C20H24Cl2N2O3S/c1-12-6-7-19(13(2)8-12)14(3)23-20(25)15(4)24(28(5,26)27)18-10-16(21)9-17(22)11-18/h6-11,14-15H,1-5H3,(H,23,25)/t14-,15+/m0/s1. The van der Waals surface area contributed by atoms with Crippen molar-refractivity contribution in [3.63, 3.8) is 0 Å². The number of hydrogen-bond donors (Lipinski definition) is 1. The maximum absolute atomic E-state index is 12.9. The summed E-state index contributed by atoms with van der Waals surface area (Å²) < 4.78 is 25.8. The molecule has 0 heterocycles. The maximum Gasteiger partial charge on any atom is 0.244 e. The highest BCUT2D eigenvalue weighted by Gasteiger charge is 2.30. The van der Waals surface area contributed by atoms with Crippen LogP contribution in [-0.2, 0) is 14.8 Å². The molecule has 8 heteroatoms. The van der Waals surface area contributed by atoms with Gasteiger partial charge in [-0.3, -0.25) is 9.10 Å². The molecule has 0 saturated heterocycles. The number of sulfonamides is 1. The largest absolute Gasteiger partial charge is 0.348 e. The number of rotatable bonds is 6.